The molecule has 0 aliphatic carbocycles. The molecule has 1 aliphatic heterocycles. The molecule has 0 unspecified atom stereocenters. The van der Waals surface area contributed by atoms with Gasteiger partial charge in [0.2, 0.25) is 5.84 Å². The third-order valence-electron chi connectivity index (χ3n) is 6.59. The fraction of sp³-hybridized carbons (Fsp3) is 0.655. The topological polar surface area (TPSA) is 65.0 Å². The van der Waals surface area contributed by atoms with Crippen LogP contribution >= 0.6 is 0 Å². The first-order valence-corrected chi connectivity index (χ1v) is 13.9. The SMILES string of the molecule is CCCCCCCCCCCCCCCCCCOc1ccccc1N1C(=O)/C(=C\[O-])N=C1C(F)(F)F.[Na+]. The fourth-order valence-corrected chi connectivity index (χ4v) is 4.51. The monoisotopic (exact) mass is 546 g/mol. The third-order valence-corrected chi connectivity index (χ3v) is 6.59. The van der Waals surface area contributed by atoms with Crippen molar-refractivity contribution in [2.75, 3.05) is 11.5 Å². The summed E-state index contributed by atoms with van der Waals surface area (Å²) in [6, 6.07) is 6.01. The molecule has 0 radical (unpaired) electrons. The standard InChI is InChI=1S/C29H43F3N2O3.Na/c1-2-3-4-5-6-7-8-9-10-11-12-13-14-15-16-19-22-37-26-21-18-17-20-25(26)34-27(36)24(23-35)33-28(34)29(30,31)32;/h17-18,20-21,23,35H,2-16,19,22H2,1H3;/q;+1/p-1/b24-23+;. The second kappa shape index (κ2) is 19.5. The Balaban J connectivity index is 0.00000722. The van der Waals surface area contributed by atoms with Crippen LogP contribution in [-0.4, -0.2) is 24.5 Å². The molecule has 0 saturated carbocycles. The summed E-state index contributed by atoms with van der Waals surface area (Å²) in [5, 5.41) is 11.0. The number of para-hydroxylation sites is 2. The van der Waals surface area contributed by atoms with E-state index in [1.54, 1.807) is 6.07 Å². The maximum Gasteiger partial charge on any atom is 1.00 e. The quantitative estimate of drug-likeness (QED) is 0.108. The van der Waals surface area contributed by atoms with Gasteiger partial charge in [-0.1, -0.05) is 115 Å². The Kier molecular flexibility index (Phi) is 17.7. The number of ether oxygens (including phenoxy) is 1. The van der Waals surface area contributed by atoms with E-state index in [9.17, 15) is 23.1 Å². The summed E-state index contributed by atoms with van der Waals surface area (Å²) in [4.78, 5) is 16.0. The van der Waals surface area contributed by atoms with Crippen molar-refractivity contribution >= 4 is 17.4 Å². The van der Waals surface area contributed by atoms with Crippen molar-refractivity contribution < 1.29 is 57.4 Å². The number of nitrogens with zero attached hydrogens (tertiary/aromatic N) is 2. The van der Waals surface area contributed by atoms with Crippen LogP contribution in [0.5, 0.6) is 5.75 Å². The largest absolute Gasteiger partial charge is 1.00 e. The molecule has 0 aromatic heterocycles. The molecular weight excluding hydrogens is 504 g/mol. The van der Waals surface area contributed by atoms with Gasteiger partial charge in [-0.05, 0) is 18.6 Å². The minimum absolute atomic E-state index is 0. The minimum Gasteiger partial charge on any atom is -0.876 e. The number of unbranched alkanes of at least 4 members (excludes halogenated alkanes) is 15. The molecule has 0 bridgehead atoms. The number of benzene rings is 1. The number of aliphatic imine (C=N–C) groups is 1. The van der Waals surface area contributed by atoms with Gasteiger partial charge in [0.1, 0.15) is 11.4 Å². The molecule has 0 N–H and O–H groups in total. The summed E-state index contributed by atoms with van der Waals surface area (Å²) >= 11 is 0. The van der Waals surface area contributed by atoms with Crippen LogP contribution < -0.4 is 44.3 Å². The number of amidine groups is 1. The van der Waals surface area contributed by atoms with Crippen molar-refractivity contribution in [2.24, 2.45) is 4.99 Å². The second-order valence-electron chi connectivity index (χ2n) is 9.70. The van der Waals surface area contributed by atoms with Crippen LogP contribution in [0.2, 0.25) is 0 Å². The number of anilines is 1. The van der Waals surface area contributed by atoms with Gasteiger partial charge in [-0.25, -0.2) is 4.99 Å². The number of hydrogen-bond acceptors (Lipinski definition) is 4. The van der Waals surface area contributed by atoms with Crippen LogP contribution in [0.4, 0.5) is 18.9 Å². The minimum atomic E-state index is -4.89. The maximum absolute atomic E-state index is 13.4. The second-order valence-corrected chi connectivity index (χ2v) is 9.70. The predicted octanol–water partition coefficient (Wildman–Crippen LogP) is 4.84. The summed E-state index contributed by atoms with van der Waals surface area (Å²) in [5.41, 5.74) is -0.850. The first-order chi connectivity index (χ1) is 17.9. The number of hydrogen-bond donors (Lipinski definition) is 0. The Labute approximate surface area is 248 Å². The Hall–Kier alpha value is -1.51. The first-order valence-electron chi connectivity index (χ1n) is 13.9. The summed E-state index contributed by atoms with van der Waals surface area (Å²) in [6.45, 7) is 2.58. The van der Waals surface area contributed by atoms with Crippen molar-refractivity contribution in [2.45, 2.75) is 116 Å². The molecule has 38 heavy (non-hydrogen) atoms. The first kappa shape index (κ1) is 34.5. The van der Waals surface area contributed by atoms with Crippen LogP contribution in [0, 0.1) is 0 Å². The number of alkyl halides is 3. The molecule has 0 spiro atoms. The Morgan fingerprint density at radius 1 is 0.842 bits per heavy atom. The van der Waals surface area contributed by atoms with Crippen LogP contribution in [0.1, 0.15) is 110 Å². The molecular formula is C29H42F3N2NaO3. The normalized spacial score (nSPS) is 14.6. The van der Waals surface area contributed by atoms with E-state index in [4.69, 9.17) is 4.74 Å². The van der Waals surface area contributed by atoms with Gasteiger partial charge in [-0.2, -0.15) is 13.2 Å². The van der Waals surface area contributed by atoms with Crippen molar-refractivity contribution in [3.8, 4) is 5.75 Å². The molecule has 1 heterocycles. The molecule has 1 aromatic carbocycles. The van der Waals surface area contributed by atoms with Gasteiger partial charge in [-0.3, -0.25) is 9.69 Å². The summed E-state index contributed by atoms with van der Waals surface area (Å²) < 4.78 is 46.0. The van der Waals surface area contributed by atoms with E-state index in [1.807, 2.05) is 0 Å². The molecule has 9 heteroatoms. The zero-order chi connectivity index (χ0) is 26.9. The van der Waals surface area contributed by atoms with Gasteiger partial charge in [0.05, 0.1) is 12.3 Å². The van der Waals surface area contributed by atoms with E-state index in [0.29, 0.717) is 11.5 Å². The predicted molar refractivity (Wildman–Crippen MR) is 141 cm³/mol. The average Bonchev–Trinajstić information content (AvgIpc) is 3.22. The molecule has 0 saturated heterocycles. The van der Waals surface area contributed by atoms with Crippen molar-refractivity contribution in [3.63, 3.8) is 0 Å². The Morgan fingerprint density at radius 3 is 1.79 bits per heavy atom. The van der Waals surface area contributed by atoms with Gasteiger partial charge in [-0.15, -0.1) is 6.26 Å². The molecule has 5 nitrogen and oxygen atoms in total. The summed E-state index contributed by atoms with van der Waals surface area (Å²) in [6.07, 6.45) is 15.2. The Bertz CT molecular complexity index is 875. The Morgan fingerprint density at radius 2 is 1.32 bits per heavy atom. The molecule has 0 fully saturated rings. The maximum atomic E-state index is 13.4. The van der Waals surface area contributed by atoms with E-state index in [-0.39, 0.29) is 47.3 Å². The van der Waals surface area contributed by atoms with Crippen molar-refractivity contribution in [1.82, 2.24) is 0 Å². The van der Waals surface area contributed by atoms with E-state index in [0.717, 1.165) is 19.3 Å². The third kappa shape index (κ3) is 12.1. The zero-order valence-electron chi connectivity index (χ0n) is 23.2. The van der Waals surface area contributed by atoms with Gasteiger partial charge in [0, 0.05) is 0 Å². The van der Waals surface area contributed by atoms with Gasteiger partial charge in [0.25, 0.3) is 5.91 Å². The average molecular weight is 547 g/mol. The van der Waals surface area contributed by atoms with Gasteiger partial charge >= 0.3 is 35.7 Å². The molecule has 208 valence electrons. The number of carbonyl (C=O) groups is 1. The van der Waals surface area contributed by atoms with E-state index >= 15 is 0 Å². The fourth-order valence-electron chi connectivity index (χ4n) is 4.51. The molecule has 1 aromatic rings. The van der Waals surface area contributed by atoms with Crippen LogP contribution in [-0.2, 0) is 4.79 Å². The molecule has 1 aliphatic rings. The zero-order valence-corrected chi connectivity index (χ0v) is 25.2. The molecule has 1 amide bonds. The molecule has 2 rings (SSSR count). The van der Waals surface area contributed by atoms with Crippen LogP contribution in [0.15, 0.2) is 41.2 Å². The number of amides is 1. The summed E-state index contributed by atoms with van der Waals surface area (Å²) in [5.74, 6) is -2.39. The van der Waals surface area contributed by atoms with E-state index in [1.165, 1.54) is 102 Å². The van der Waals surface area contributed by atoms with Gasteiger partial charge < -0.3 is 9.84 Å². The van der Waals surface area contributed by atoms with Crippen molar-refractivity contribution in [1.29, 1.82) is 0 Å². The van der Waals surface area contributed by atoms with E-state index in [2.05, 4.69) is 11.9 Å². The number of rotatable bonds is 19. The van der Waals surface area contributed by atoms with Crippen LogP contribution in [0.3, 0.4) is 0 Å². The van der Waals surface area contributed by atoms with E-state index < -0.39 is 23.6 Å². The number of halogens is 3. The smallest absolute Gasteiger partial charge is 0.876 e. The summed E-state index contributed by atoms with van der Waals surface area (Å²) in [7, 11) is 0. The molecule has 0 atom stereocenters. The number of carbonyl (C=O) groups excluding carboxylic acids is 1. The van der Waals surface area contributed by atoms with Crippen molar-refractivity contribution in [3.05, 3.63) is 36.2 Å². The van der Waals surface area contributed by atoms with Crippen LogP contribution in [0.25, 0.3) is 0 Å². The van der Waals surface area contributed by atoms with Gasteiger partial charge in [0.15, 0.2) is 0 Å².